The van der Waals surface area contributed by atoms with Gasteiger partial charge in [0.1, 0.15) is 0 Å². The SMILES string of the molecule is CC(=O)c1cccc(NC(=O)C=Cc2cccc(C)c2)c1. The largest absolute Gasteiger partial charge is 0.322 e. The molecule has 2 rings (SSSR count). The Labute approximate surface area is 124 Å². The molecule has 0 heterocycles. The maximum Gasteiger partial charge on any atom is 0.248 e. The van der Waals surface area contributed by atoms with Crippen LogP contribution in [0.2, 0.25) is 0 Å². The third kappa shape index (κ3) is 4.42. The Morgan fingerprint density at radius 1 is 1.05 bits per heavy atom. The molecule has 0 spiro atoms. The zero-order valence-corrected chi connectivity index (χ0v) is 12.1. The lowest BCUT2D eigenvalue weighted by Gasteiger charge is -2.03. The summed E-state index contributed by atoms with van der Waals surface area (Å²) in [7, 11) is 0. The number of nitrogens with one attached hydrogen (secondary N) is 1. The van der Waals surface area contributed by atoms with E-state index in [1.807, 2.05) is 31.2 Å². The van der Waals surface area contributed by atoms with Gasteiger partial charge in [-0.15, -0.1) is 0 Å². The number of rotatable bonds is 4. The van der Waals surface area contributed by atoms with E-state index in [2.05, 4.69) is 5.32 Å². The predicted octanol–water partition coefficient (Wildman–Crippen LogP) is 3.85. The molecule has 0 fully saturated rings. The lowest BCUT2D eigenvalue weighted by Crippen LogP contribution is -2.08. The summed E-state index contributed by atoms with van der Waals surface area (Å²) in [5.41, 5.74) is 3.31. The fourth-order valence-corrected chi connectivity index (χ4v) is 1.95. The number of amides is 1. The number of hydrogen-bond acceptors (Lipinski definition) is 2. The van der Waals surface area contributed by atoms with Gasteiger partial charge in [-0.3, -0.25) is 9.59 Å². The molecule has 0 aliphatic heterocycles. The van der Waals surface area contributed by atoms with Gasteiger partial charge in [0.15, 0.2) is 5.78 Å². The van der Waals surface area contributed by atoms with Crippen molar-refractivity contribution in [2.75, 3.05) is 5.32 Å². The Morgan fingerprint density at radius 2 is 1.81 bits per heavy atom. The van der Waals surface area contributed by atoms with Crippen LogP contribution in [-0.4, -0.2) is 11.7 Å². The van der Waals surface area contributed by atoms with Gasteiger partial charge in [0.05, 0.1) is 0 Å². The van der Waals surface area contributed by atoms with E-state index < -0.39 is 0 Å². The number of hydrogen-bond donors (Lipinski definition) is 1. The van der Waals surface area contributed by atoms with Crippen molar-refractivity contribution >= 4 is 23.5 Å². The van der Waals surface area contributed by atoms with Crippen LogP contribution in [-0.2, 0) is 4.79 Å². The number of ketones is 1. The summed E-state index contributed by atoms with van der Waals surface area (Å²) >= 11 is 0. The second-order valence-corrected chi connectivity index (χ2v) is 4.87. The quantitative estimate of drug-likeness (QED) is 0.682. The van der Waals surface area contributed by atoms with E-state index in [9.17, 15) is 9.59 Å². The van der Waals surface area contributed by atoms with E-state index in [1.54, 1.807) is 30.3 Å². The standard InChI is InChI=1S/C18H17NO2/c1-13-5-3-6-15(11-13)9-10-18(21)19-17-8-4-7-16(12-17)14(2)20/h3-12H,1-2H3,(H,19,21). The minimum atomic E-state index is -0.225. The van der Waals surface area contributed by atoms with Crippen molar-refractivity contribution in [1.29, 1.82) is 0 Å². The number of carbonyl (C=O) groups excluding carboxylic acids is 2. The molecule has 0 aliphatic rings. The minimum absolute atomic E-state index is 0.0265. The Balaban J connectivity index is 2.05. The van der Waals surface area contributed by atoms with Crippen molar-refractivity contribution in [1.82, 2.24) is 0 Å². The van der Waals surface area contributed by atoms with E-state index >= 15 is 0 Å². The summed E-state index contributed by atoms with van der Waals surface area (Å²) in [5.74, 6) is -0.251. The first kappa shape index (κ1) is 14.7. The van der Waals surface area contributed by atoms with Crippen LogP contribution in [0.1, 0.15) is 28.4 Å². The van der Waals surface area contributed by atoms with E-state index in [0.29, 0.717) is 11.3 Å². The molecule has 106 valence electrons. The van der Waals surface area contributed by atoms with Crippen LogP contribution in [0.15, 0.2) is 54.6 Å². The van der Waals surface area contributed by atoms with Gasteiger partial charge >= 0.3 is 0 Å². The van der Waals surface area contributed by atoms with Gasteiger partial charge in [0.25, 0.3) is 0 Å². The molecule has 0 saturated heterocycles. The molecule has 3 heteroatoms. The molecule has 0 radical (unpaired) electrons. The average molecular weight is 279 g/mol. The number of aryl methyl sites for hydroxylation is 1. The van der Waals surface area contributed by atoms with Gasteiger partial charge in [-0.1, -0.05) is 42.0 Å². The monoisotopic (exact) mass is 279 g/mol. The number of anilines is 1. The zero-order valence-electron chi connectivity index (χ0n) is 12.1. The van der Waals surface area contributed by atoms with Crippen molar-refractivity contribution in [3.8, 4) is 0 Å². The van der Waals surface area contributed by atoms with Crippen LogP contribution in [0.25, 0.3) is 6.08 Å². The van der Waals surface area contributed by atoms with Crippen molar-refractivity contribution in [3.63, 3.8) is 0 Å². The highest BCUT2D eigenvalue weighted by Crippen LogP contribution is 2.11. The molecule has 2 aromatic carbocycles. The molecule has 0 aromatic heterocycles. The average Bonchev–Trinajstić information content (AvgIpc) is 2.45. The molecule has 21 heavy (non-hydrogen) atoms. The van der Waals surface area contributed by atoms with Crippen LogP contribution >= 0.6 is 0 Å². The van der Waals surface area contributed by atoms with Gasteiger partial charge in [0.2, 0.25) is 5.91 Å². The first-order valence-electron chi connectivity index (χ1n) is 6.71. The van der Waals surface area contributed by atoms with Gasteiger partial charge in [-0.2, -0.15) is 0 Å². The Hall–Kier alpha value is -2.68. The van der Waals surface area contributed by atoms with E-state index in [1.165, 1.54) is 13.0 Å². The summed E-state index contributed by atoms with van der Waals surface area (Å²) in [6.45, 7) is 3.50. The lowest BCUT2D eigenvalue weighted by molar-refractivity contribution is -0.111. The smallest absolute Gasteiger partial charge is 0.248 e. The molecule has 0 saturated carbocycles. The lowest BCUT2D eigenvalue weighted by atomic mass is 10.1. The second kappa shape index (κ2) is 6.66. The van der Waals surface area contributed by atoms with Gasteiger partial charge < -0.3 is 5.32 Å². The second-order valence-electron chi connectivity index (χ2n) is 4.87. The van der Waals surface area contributed by atoms with Gasteiger partial charge in [-0.25, -0.2) is 0 Å². The molecular formula is C18H17NO2. The van der Waals surface area contributed by atoms with E-state index in [4.69, 9.17) is 0 Å². The topological polar surface area (TPSA) is 46.2 Å². The third-order valence-corrected chi connectivity index (χ3v) is 3.01. The number of carbonyl (C=O) groups is 2. The molecular weight excluding hydrogens is 262 g/mol. The Morgan fingerprint density at radius 3 is 2.52 bits per heavy atom. The first-order chi connectivity index (χ1) is 10.0. The molecule has 0 bridgehead atoms. The summed E-state index contributed by atoms with van der Waals surface area (Å²) < 4.78 is 0. The van der Waals surface area contributed by atoms with Crippen LogP contribution in [0.5, 0.6) is 0 Å². The maximum atomic E-state index is 11.9. The fraction of sp³-hybridized carbons (Fsp3) is 0.111. The zero-order chi connectivity index (χ0) is 15.2. The maximum absolute atomic E-state index is 11.9. The molecule has 3 nitrogen and oxygen atoms in total. The summed E-state index contributed by atoms with van der Waals surface area (Å²) in [6, 6.07) is 14.8. The van der Waals surface area contributed by atoms with Crippen LogP contribution in [0, 0.1) is 6.92 Å². The third-order valence-electron chi connectivity index (χ3n) is 3.01. The molecule has 0 atom stereocenters. The van der Waals surface area contributed by atoms with E-state index in [-0.39, 0.29) is 11.7 Å². The van der Waals surface area contributed by atoms with Gasteiger partial charge in [-0.05, 0) is 37.6 Å². The summed E-state index contributed by atoms with van der Waals surface area (Å²) in [6.07, 6.45) is 3.24. The molecule has 1 amide bonds. The van der Waals surface area contributed by atoms with Crippen LogP contribution in [0.3, 0.4) is 0 Å². The highest BCUT2D eigenvalue weighted by molar-refractivity contribution is 6.03. The Bertz CT molecular complexity index is 702. The predicted molar refractivity (Wildman–Crippen MR) is 85.3 cm³/mol. The number of Topliss-reactive ketones (excluding diaryl/α,β-unsaturated/α-hetero) is 1. The highest BCUT2D eigenvalue weighted by Gasteiger charge is 2.02. The molecule has 0 aliphatic carbocycles. The minimum Gasteiger partial charge on any atom is -0.322 e. The Kier molecular flexibility index (Phi) is 4.67. The normalized spacial score (nSPS) is 10.6. The highest BCUT2D eigenvalue weighted by atomic mass is 16.1. The molecule has 1 N–H and O–H groups in total. The molecule has 2 aromatic rings. The van der Waals surface area contributed by atoms with E-state index in [0.717, 1.165) is 11.1 Å². The van der Waals surface area contributed by atoms with Crippen LogP contribution < -0.4 is 5.32 Å². The van der Waals surface area contributed by atoms with Gasteiger partial charge in [0, 0.05) is 17.3 Å². The number of benzene rings is 2. The van der Waals surface area contributed by atoms with Crippen LogP contribution in [0.4, 0.5) is 5.69 Å². The fourth-order valence-electron chi connectivity index (χ4n) is 1.95. The van der Waals surface area contributed by atoms with Crippen molar-refractivity contribution in [3.05, 3.63) is 71.3 Å². The van der Waals surface area contributed by atoms with Crippen molar-refractivity contribution in [2.45, 2.75) is 13.8 Å². The van der Waals surface area contributed by atoms with Crippen molar-refractivity contribution < 1.29 is 9.59 Å². The van der Waals surface area contributed by atoms with Crippen molar-refractivity contribution in [2.24, 2.45) is 0 Å². The summed E-state index contributed by atoms with van der Waals surface area (Å²) in [4.78, 5) is 23.2. The first-order valence-corrected chi connectivity index (χ1v) is 6.71. The molecule has 0 unspecified atom stereocenters. The summed E-state index contributed by atoms with van der Waals surface area (Å²) in [5, 5.41) is 2.74.